The predicted molar refractivity (Wildman–Crippen MR) is 138 cm³/mol. The normalized spacial score (nSPS) is 12.4. The number of alkyl carbamates (subject to hydrolysis) is 1. The van der Waals surface area contributed by atoms with Gasteiger partial charge in [-0.05, 0) is 38.8 Å². The third-order valence-corrected chi connectivity index (χ3v) is 5.35. The maximum Gasteiger partial charge on any atom is 0.408 e. The third kappa shape index (κ3) is 8.51. The molecule has 0 aliphatic carbocycles. The Morgan fingerprint density at radius 3 is 2.34 bits per heavy atom. The molecule has 0 aromatic heterocycles. The Labute approximate surface area is 221 Å². The van der Waals surface area contributed by atoms with E-state index in [1.165, 1.54) is 6.07 Å². The fourth-order valence-electron chi connectivity index (χ4n) is 3.66. The van der Waals surface area contributed by atoms with E-state index in [4.69, 9.17) is 10.5 Å². The molecule has 202 valence electrons. The molecule has 11 heteroatoms. The molecule has 0 radical (unpaired) electrons. The van der Waals surface area contributed by atoms with Crippen LogP contribution in [-0.2, 0) is 25.7 Å². The summed E-state index contributed by atoms with van der Waals surface area (Å²) in [7, 11) is 0. The monoisotopic (exact) mass is 523 g/mol. The summed E-state index contributed by atoms with van der Waals surface area (Å²) in [5, 5.41) is 25.4. The number of phenolic OH excluding ortho intramolecular Hbond substituents is 1. The lowest BCUT2D eigenvalue weighted by molar-refractivity contribution is -0.142. The number of phenols is 1. The first kappa shape index (κ1) is 29.6. The average molecular weight is 524 g/mol. The Morgan fingerprint density at radius 1 is 1.11 bits per heavy atom. The van der Waals surface area contributed by atoms with Crippen LogP contribution in [0, 0.1) is 18.3 Å². The van der Waals surface area contributed by atoms with E-state index in [9.17, 15) is 29.5 Å². The minimum Gasteiger partial charge on any atom is -0.507 e. The van der Waals surface area contributed by atoms with Gasteiger partial charge in [-0.1, -0.05) is 48.5 Å². The third-order valence-electron chi connectivity index (χ3n) is 5.35. The molecule has 0 saturated carbocycles. The van der Waals surface area contributed by atoms with Crippen LogP contribution in [0.15, 0.2) is 48.5 Å². The largest absolute Gasteiger partial charge is 0.507 e. The number of nitrogens with one attached hydrogen (secondary N) is 2. The van der Waals surface area contributed by atoms with Crippen LogP contribution in [0.2, 0.25) is 0 Å². The zero-order valence-corrected chi connectivity index (χ0v) is 21.9. The van der Waals surface area contributed by atoms with Crippen LogP contribution in [0.3, 0.4) is 0 Å². The lowest BCUT2D eigenvalue weighted by Crippen LogP contribution is -2.54. The molecule has 5 N–H and O–H groups in total. The fraction of sp³-hybridized carbons (Fsp3) is 0.370. The Bertz CT molecular complexity index is 1200. The highest BCUT2D eigenvalue weighted by Gasteiger charge is 2.38. The smallest absolute Gasteiger partial charge is 0.408 e. The highest BCUT2D eigenvalue weighted by Crippen LogP contribution is 2.32. The van der Waals surface area contributed by atoms with Gasteiger partial charge >= 0.3 is 6.09 Å². The van der Waals surface area contributed by atoms with Crippen molar-refractivity contribution >= 4 is 23.8 Å². The molecule has 0 spiro atoms. The molecule has 0 aliphatic rings. The number of aromatic hydroxyl groups is 1. The number of carbonyl (C=O) groups excluding carboxylic acids is 4. The molecule has 0 saturated heterocycles. The number of nitrogens with zero attached hydrogens (tertiary/aromatic N) is 2. The molecule has 2 rings (SSSR count). The Hall–Kier alpha value is -4.59. The minimum atomic E-state index is -1.54. The van der Waals surface area contributed by atoms with Crippen molar-refractivity contribution < 1.29 is 29.0 Å². The number of benzene rings is 2. The Balaban J connectivity index is 2.50. The molecule has 0 fully saturated rings. The molecule has 2 atom stereocenters. The van der Waals surface area contributed by atoms with Gasteiger partial charge in [-0.25, -0.2) is 4.79 Å². The lowest BCUT2D eigenvalue weighted by Gasteiger charge is -2.33. The minimum absolute atomic E-state index is 0.0641. The standard InChI is InChI=1S/C27H33N5O6/c1-17-9-8-12-19(23(17)34)22(24(35)30-16-18-10-6-5-7-11-18)32(14-13-28)25(36)20(15-21(29)33)31-26(37)38-27(2,3)4/h5-12,20,22,34H,14-16H2,1-4H3,(H2,29,33)(H,30,35)(H,31,37). The summed E-state index contributed by atoms with van der Waals surface area (Å²) in [4.78, 5) is 52.3. The van der Waals surface area contributed by atoms with Gasteiger partial charge in [0.15, 0.2) is 0 Å². The number of rotatable bonds is 10. The number of primary amides is 1. The van der Waals surface area contributed by atoms with Crippen LogP contribution >= 0.6 is 0 Å². The molecule has 0 heterocycles. The molecule has 0 aliphatic heterocycles. The highest BCUT2D eigenvalue weighted by molar-refractivity contribution is 5.95. The van der Waals surface area contributed by atoms with E-state index >= 15 is 0 Å². The first-order valence-corrected chi connectivity index (χ1v) is 11.9. The van der Waals surface area contributed by atoms with Gasteiger partial charge < -0.3 is 31.1 Å². The van der Waals surface area contributed by atoms with Gasteiger partial charge in [0, 0.05) is 12.1 Å². The van der Waals surface area contributed by atoms with Crippen molar-refractivity contribution in [3.8, 4) is 11.8 Å². The zero-order chi connectivity index (χ0) is 28.5. The van der Waals surface area contributed by atoms with Crippen molar-refractivity contribution in [1.82, 2.24) is 15.5 Å². The van der Waals surface area contributed by atoms with Crippen LogP contribution < -0.4 is 16.4 Å². The van der Waals surface area contributed by atoms with E-state index in [-0.39, 0.29) is 17.9 Å². The summed E-state index contributed by atoms with van der Waals surface area (Å²) < 4.78 is 5.20. The van der Waals surface area contributed by atoms with E-state index in [1.54, 1.807) is 64.1 Å². The van der Waals surface area contributed by atoms with Gasteiger partial charge in [0.2, 0.25) is 17.7 Å². The number of hydrogen-bond donors (Lipinski definition) is 4. The lowest BCUT2D eigenvalue weighted by atomic mass is 9.98. The number of aryl methyl sites for hydroxylation is 1. The summed E-state index contributed by atoms with van der Waals surface area (Å²) in [6.45, 7) is 5.99. The van der Waals surface area contributed by atoms with E-state index in [0.29, 0.717) is 5.56 Å². The summed E-state index contributed by atoms with van der Waals surface area (Å²) in [6.07, 6.45) is -1.60. The van der Waals surface area contributed by atoms with Crippen LogP contribution in [0.25, 0.3) is 0 Å². The summed E-state index contributed by atoms with van der Waals surface area (Å²) in [5.74, 6) is -2.76. The van der Waals surface area contributed by atoms with Crippen LogP contribution in [0.4, 0.5) is 4.79 Å². The quantitative estimate of drug-likeness (QED) is 0.345. The molecule has 2 aromatic carbocycles. The second kappa shape index (κ2) is 13.1. The van der Waals surface area contributed by atoms with Gasteiger partial charge in [0.1, 0.15) is 30.0 Å². The molecule has 4 amide bonds. The number of hydrogen-bond acceptors (Lipinski definition) is 7. The summed E-state index contributed by atoms with van der Waals surface area (Å²) in [6, 6.07) is 12.5. The molecule has 0 bridgehead atoms. The van der Waals surface area contributed by atoms with Crippen molar-refractivity contribution in [3.05, 3.63) is 65.2 Å². The zero-order valence-electron chi connectivity index (χ0n) is 21.9. The first-order chi connectivity index (χ1) is 17.8. The van der Waals surface area contributed by atoms with Gasteiger partial charge in [0.25, 0.3) is 0 Å². The van der Waals surface area contributed by atoms with Crippen molar-refractivity contribution in [2.75, 3.05) is 6.54 Å². The van der Waals surface area contributed by atoms with Crippen molar-refractivity contribution in [2.24, 2.45) is 5.73 Å². The summed E-state index contributed by atoms with van der Waals surface area (Å²) in [5.41, 5.74) is 5.71. The average Bonchev–Trinajstić information content (AvgIpc) is 2.83. The number of nitriles is 1. The van der Waals surface area contributed by atoms with E-state index in [1.807, 2.05) is 12.1 Å². The Morgan fingerprint density at radius 2 is 1.76 bits per heavy atom. The number of ether oxygens (including phenoxy) is 1. The maximum atomic E-state index is 13.7. The number of nitrogens with two attached hydrogens (primary N) is 1. The second-order valence-corrected chi connectivity index (χ2v) is 9.61. The summed E-state index contributed by atoms with van der Waals surface area (Å²) >= 11 is 0. The van der Waals surface area contributed by atoms with Crippen LogP contribution in [0.5, 0.6) is 5.75 Å². The molecule has 38 heavy (non-hydrogen) atoms. The second-order valence-electron chi connectivity index (χ2n) is 9.61. The van der Waals surface area contributed by atoms with Gasteiger partial charge in [0.05, 0.1) is 12.5 Å². The predicted octanol–water partition coefficient (Wildman–Crippen LogP) is 2.18. The van der Waals surface area contributed by atoms with Gasteiger partial charge in [-0.15, -0.1) is 0 Å². The van der Waals surface area contributed by atoms with E-state index < -0.39 is 54.5 Å². The Kier molecular flexibility index (Phi) is 10.2. The van der Waals surface area contributed by atoms with Crippen molar-refractivity contribution in [3.63, 3.8) is 0 Å². The number of carbonyl (C=O) groups is 4. The van der Waals surface area contributed by atoms with Gasteiger partial charge in [-0.2, -0.15) is 5.26 Å². The molecular weight excluding hydrogens is 490 g/mol. The molecular formula is C27H33N5O6. The van der Waals surface area contributed by atoms with E-state index in [0.717, 1.165) is 10.5 Å². The highest BCUT2D eigenvalue weighted by atomic mass is 16.6. The fourth-order valence-corrected chi connectivity index (χ4v) is 3.66. The van der Waals surface area contributed by atoms with Gasteiger partial charge in [-0.3, -0.25) is 14.4 Å². The van der Waals surface area contributed by atoms with E-state index in [2.05, 4.69) is 10.6 Å². The van der Waals surface area contributed by atoms with Crippen molar-refractivity contribution in [2.45, 2.75) is 58.3 Å². The topological polar surface area (TPSA) is 175 Å². The maximum absolute atomic E-state index is 13.7. The number of amides is 4. The van der Waals surface area contributed by atoms with Crippen molar-refractivity contribution in [1.29, 1.82) is 5.26 Å². The van der Waals surface area contributed by atoms with Crippen LogP contribution in [0.1, 0.15) is 49.9 Å². The SMILES string of the molecule is Cc1cccc(C(C(=O)NCc2ccccc2)N(CC#N)C(=O)C(CC(N)=O)NC(=O)OC(C)(C)C)c1O. The van der Waals surface area contributed by atoms with Crippen LogP contribution in [-0.4, -0.2) is 52.0 Å². The molecule has 2 aromatic rings. The number of para-hydroxylation sites is 1. The first-order valence-electron chi connectivity index (χ1n) is 11.9. The molecule has 2 unspecified atom stereocenters. The molecule has 11 nitrogen and oxygen atoms in total.